The molecule has 0 saturated heterocycles. The van der Waals surface area contributed by atoms with Gasteiger partial charge in [0, 0.05) is 45.8 Å². The minimum absolute atomic E-state index is 0. The number of carboxylic acid groups (broad SMARTS) is 3. The van der Waals surface area contributed by atoms with Gasteiger partial charge >= 0.3 is 0 Å². The summed E-state index contributed by atoms with van der Waals surface area (Å²) in [6.45, 7) is 0. The van der Waals surface area contributed by atoms with E-state index in [0.29, 0.717) is 0 Å². The standard InChI is InChI=1S/C6H8O7.Pt/c7-3(8)1-6(13,5(11)12)2-4(9)10;/h13H,1-2H2,(H,7,8)(H,9,10)(H,11,12);/p-3. The van der Waals surface area contributed by atoms with Crippen molar-refractivity contribution in [2.45, 2.75) is 18.4 Å². The summed E-state index contributed by atoms with van der Waals surface area (Å²) in [6.07, 6.45) is -2.72. The number of carboxylic acids is 3. The first-order valence-electron chi connectivity index (χ1n) is 3.11. The van der Waals surface area contributed by atoms with Crippen LogP contribution in [0.25, 0.3) is 0 Å². The van der Waals surface area contributed by atoms with Gasteiger partial charge in [0.05, 0.1) is 5.97 Å². The number of rotatable bonds is 5. The van der Waals surface area contributed by atoms with Crippen LogP contribution >= 0.6 is 0 Å². The predicted molar refractivity (Wildman–Crippen MR) is 29.2 cm³/mol. The van der Waals surface area contributed by atoms with Crippen LogP contribution in [0.4, 0.5) is 0 Å². The molecule has 0 fully saturated rings. The van der Waals surface area contributed by atoms with Gasteiger partial charge in [0.2, 0.25) is 0 Å². The molecule has 0 aliphatic carbocycles. The fourth-order valence-corrected chi connectivity index (χ4v) is 0.684. The molecule has 0 spiro atoms. The van der Waals surface area contributed by atoms with E-state index in [9.17, 15) is 29.7 Å². The first kappa shape index (κ1) is 15.5. The zero-order valence-corrected chi connectivity index (χ0v) is 8.90. The molecule has 1 N–H and O–H groups in total. The summed E-state index contributed by atoms with van der Waals surface area (Å²) in [7, 11) is 0. The molecule has 0 saturated carbocycles. The van der Waals surface area contributed by atoms with Crippen molar-refractivity contribution in [1.82, 2.24) is 0 Å². The SMILES string of the molecule is O=C([O-])CC(O)(CC(=O)[O-])C(=O)[O-].[Pt]. The Morgan fingerprint density at radius 3 is 1.43 bits per heavy atom. The normalized spacial score (nSPS) is 10.1. The molecule has 0 aromatic heterocycles. The average Bonchev–Trinajstić information content (AvgIpc) is 1.82. The summed E-state index contributed by atoms with van der Waals surface area (Å²) in [4.78, 5) is 30.0. The quantitative estimate of drug-likeness (QED) is 0.499. The van der Waals surface area contributed by atoms with Crippen molar-refractivity contribution in [1.29, 1.82) is 0 Å². The molecule has 84 valence electrons. The van der Waals surface area contributed by atoms with E-state index in [0.717, 1.165) is 0 Å². The summed E-state index contributed by atoms with van der Waals surface area (Å²) in [5.41, 5.74) is -2.97. The molecule has 0 heterocycles. The van der Waals surface area contributed by atoms with Gasteiger partial charge in [0.15, 0.2) is 0 Å². The molecule has 0 radical (unpaired) electrons. The van der Waals surface area contributed by atoms with Gasteiger partial charge in [-0.05, 0) is 0 Å². The van der Waals surface area contributed by atoms with Crippen LogP contribution in [-0.4, -0.2) is 28.6 Å². The Labute approximate surface area is 92.6 Å². The minimum atomic E-state index is -2.97. The van der Waals surface area contributed by atoms with E-state index in [4.69, 9.17) is 5.11 Å². The zero-order chi connectivity index (χ0) is 10.6. The van der Waals surface area contributed by atoms with Crippen LogP contribution in [0.2, 0.25) is 0 Å². The topological polar surface area (TPSA) is 141 Å². The maximum Gasteiger partial charge on any atom is 0.114 e. The van der Waals surface area contributed by atoms with Gasteiger partial charge in [-0.3, -0.25) is 0 Å². The molecule has 0 rings (SSSR count). The third-order valence-corrected chi connectivity index (χ3v) is 1.25. The zero-order valence-electron chi connectivity index (χ0n) is 6.63. The first-order chi connectivity index (χ1) is 5.78. The second-order valence-electron chi connectivity index (χ2n) is 2.42. The number of aliphatic hydroxyl groups is 1. The predicted octanol–water partition coefficient (Wildman–Crippen LogP) is -5.26. The third-order valence-electron chi connectivity index (χ3n) is 1.25. The summed E-state index contributed by atoms with van der Waals surface area (Å²) in [6, 6.07) is 0. The fourth-order valence-electron chi connectivity index (χ4n) is 0.684. The van der Waals surface area contributed by atoms with Crippen LogP contribution in [0.3, 0.4) is 0 Å². The molecule has 0 aromatic carbocycles. The van der Waals surface area contributed by atoms with Gasteiger partial charge in [0.25, 0.3) is 0 Å². The van der Waals surface area contributed by atoms with Gasteiger partial charge in [-0.15, -0.1) is 0 Å². The third kappa shape index (κ3) is 4.93. The molecule has 0 unspecified atom stereocenters. The Bertz CT molecular complexity index is 233. The Kier molecular flexibility index (Phi) is 6.34. The first-order valence-corrected chi connectivity index (χ1v) is 3.11. The second kappa shape index (κ2) is 5.72. The molecule has 0 aromatic rings. The number of hydrogen-bond acceptors (Lipinski definition) is 7. The monoisotopic (exact) mass is 384 g/mol. The number of carbonyl (C=O) groups excluding carboxylic acids is 3. The molecule has 0 atom stereocenters. The van der Waals surface area contributed by atoms with Crippen molar-refractivity contribution in [2.24, 2.45) is 0 Å². The minimum Gasteiger partial charge on any atom is -0.550 e. The summed E-state index contributed by atoms with van der Waals surface area (Å²) in [5.74, 6) is -5.98. The van der Waals surface area contributed by atoms with Crippen LogP contribution in [-0.2, 0) is 35.4 Å². The van der Waals surface area contributed by atoms with Crippen molar-refractivity contribution in [3.05, 3.63) is 0 Å². The Morgan fingerprint density at radius 1 is 1.00 bits per heavy atom. The van der Waals surface area contributed by atoms with Crippen LogP contribution in [0, 0.1) is 0 Å². The molecule has 0 bridgehead atoms. The summed E-state index contributed by atoms with van der Waals surface area (Å²) >= 11 is 0. The van der Waals surface area contributed by atoms with Crippen LogP contribution in [0.5, 0.6) is 0 Å². The van der Waals surface area contributed by atoms with E-state index in [1.807, 2.05) is 0 Å². The van der Waals surface area contributed by atoms with Gasteiger partial charge in [-0.1, -0.05) is 0 Å². The van der Waals surface area contributed by atoms with E-state index >= 15 is 0 Å². The molecule has 0 aliphatic rings. The van der Waals surface area contributed by atoms with Crippen molar-refractivity contribution in [3.8, 4) is 0 Å². The largest absolute Gasteiger partial charge is 0.550 e. The number of hydrogen-bond donors (Lipinski definition) is 1. The smallest absolute Gasteiger partial charge is 0.114 e. The maximum absolute atomic E-state index is 10.1. The van der Waals surface area contributed by atoms with Crippen molar-refractivity contribution < 1.29 is 55.9 Å². The molecular weight excluding hydrogens is 379 g/mol. The van der Waals surface area contributed by atoms with Crippen LogP contribution < -0.4 is 15.3 Å². The molecule has 0 amide bonds. The molecule has 14 heavy (non-hydrogen) atoms. The molecular formula is C6H5O7Pt-3. The van der Waals surface area contributed by atoms with Gasteiger partial charge in [-0.2, -0.15) is 0 Å². The van der Waals surface area contributed by atoms with Crippen molar-refractivity contribution in [3.63, 3.8) is 0 Å². The number of aliphatic carboxylic acids is 3. The van der Waals surface area contributed by atoms with Crippen LogP contribution in [0.1, 0.15) is 12.8 Å². The van der Waals surface area contributed by atoms with Crippen molar-refractivity contribution >= 4 is 17.9 Å². The van der Waals surface area contributed by atoms with Gasteiger partial charge < -0.3 is 34.8 Å². The Hall–Kier alpha value is -0.942. The summed E-state index contributed by atoms with van der Waals surface area (Å²) < 4.78 is 0. The maximum atomic E-state index is 10.1. The average molecular weight is 384 g/mol. The Morgan fingerprint density at radius 2 is 1.29 bits per heavy atom. The summed E-state index contributed by atoms with van der Waals surface area (Å²) in [5, 5.41) is 38.9. The van der Waals surface area contributed by atoms with E-state index in [-0.39, 0.29) is 21.1 Å². The number of carbonyl (C=O) groups is 3. The second-order valence-corrected chi connectivity index (χ2v) is 2.42. The Balaban J connectivity index is 0. The van der Waals surface area contributed by atoms with E-state index in [2.05, 4.69) is 0 Å². The fraction of sp³-hybridized carbons (Fsp3) is 0.500. The van der Waals surface area contributed by atoms with Crippen molar-refractivity contribution in [2.75, 3.05) is 0 Å². The van der Waals surface area contributed by atoms with E-state index < -0.39 is 36.4 Å². The molecule has 0 aliphatic heterocycles. The van der Waals surface area contributed by atoms with E-state index in [1.165, 1.54) is 0 Å². The van der Waals surface area contributed by atoms with Crippen LogP contribution in [0.15, 0.2) is 0 Å². The van der Waals surface area contributed by atoms with Gasteiger partial charge in [-0.25, -0.2) is 0 Å². The van der Waals surface area contributed by atoms with E-state index in [1.54, 1.807) is 0 Å². The van der Waals surface area contributed by atoms with Gasteiger partial charge in [0.1, 0.15) is 5.60 Å². The molecule has 8 heteroatoms. The molecule has 7 nitrogen and oxygen atoms in total.